The molecule has 0 saturated heterocycles. The predicted molar refractivity (Wildman–Crippen MR) is 67.8 cm³/mol. The van der Waals surface area contributed by atoms with Crippen LogP contribution in [0.3, 0.4) is 0 Å². The summed E-state index contributed by atoms with van der Waals surface area (Å²) in [7, 11) is 1.67. The van der Waals surface area contributed by atoms with E-state index < -0.39 is 17.9 Å². The first-order valence-corrected chi connectivity index (χ1v) is 5.57. The summed E-state index contributed by atoms with van der Waals surface area (Å²) in [5.41, 5.74) is 5.46. The minimum atomic E-state index is -1.14. The third-order valence-corrected chi connectivity index (χ3v) is 2.52. The Kier molecular flexibility index (Phi) is 3.60. The Bertz CT molecular complexity index is 653. The minimum absolute atomic E-state index is 0.0104. The topological polar surface area (TPSA) is 136 Å². The van der Waals surface area contributed by atoms with Crippen LogP contribution in [0.2, 0.25) is 0 Å². The van der Waals surface area contributed by atoms with Gasteiger partial charge in [-0.25, -0.2) is 14.8 Å². The Labute approximate surface area is 113 Å². The van der Waals surface area contributed by atoms with E-state index in [9.17, 15) is 14.7 Å². The second-order valence-electron chi connectivity index (χ2n) is 3.98. The fraction of sp³-hybridized carbons (Fsp3) is 0.182. The van der Waals surface area contributed by atoms with Crippen molar-refractivity contribution in [2.45, 2.75) is 6.04 Å². The molecule has 9 nitrogen and oxygen atoms in total. The van der Waals surface area contributed by atoms with E-state index in [-0.39, 0.29) is 11.5 Å². The summed E-state index contributed by atoms with van der Waals surface area (Å²) in [6, 6.07) is -1.11. The van der Waals surface area contributed by atoms with E-state index in [1.54, 1.807) is 13.2 Å². The maximum Gasteiger partial charge on any atom is 0.330 e. The number of aliphatic carboxylic acids is 1. The van der Waals surface area contributed by atoms with E-state index in [1.165, 1.54) is 23.3 Å². The summed E-state index contributed by atoms with van der Waals surface area (Å²) < 4.78 is 1.47. The summed E-state index contributed by atoms with van der Waals surface area (Å²) >= 11 is 0. The number of carboxylic acid groups (broad SMARTS) is 1. The van der Waals surface area contributed by atoms with Gasteiger partial charge in [0, 0.05) is 31.2 Å². The number of nitrogens with two attached hydrogens (primary N) is 1. The van der Waals surface area contributed by atoms with E-state index in [4.69, 9.17) is 5.73 Å². The van der Waals surface area contributed by atoms with Crippen molar-refractivity contribution in [3.63, 3.8) is 0 Å². The average Bonchev–Trinajstić information content (AvgIpc) is 2.82. The molecule has 0 spiro atoms. The number of carbonyl (C=O) groups excluding carboxylic acids is 1. The number of aryl methyl sites for hydroxylation is 1. The highest BCUT2D eigenvalue weighted by molar-refractivity contribution is 5.96. The maximum absolute atomic E-state index is 11.3. The molecule has 0 aliphatic rings. The second kappa shape index (κ2) is 5.34. The Balaban J connectivity index is 2.34. The lowest BCUT2D eigenvalue weighted by Gasteiger charge is -2.14. The van der Waals surface area contributed by atoms with Crippen molar-refractivity contribution in [2.24, 2.45) is 12.8 Å². The lowest BCUT2D eigenvalue weighted by Crippen LogP contribution is -2.24. The third-order valence-electron chi connectivity index (χ3n) is 2.52. The first-order valence-electron chi connectivity index (χ1n) is 5.57. The summed E-state index contributed by atoms with van der Waals surface area (Å²) in [5, 5.41) is 15.8. The SMILES string of the molecule is Cn1cc(C(Nc2nccnc2C(N)=O)C(=O)O)cn1. The zero-order valence-electron chi connectivity index (χ0n) is 10.5. The van der Waals surface area contributed by atoms with Gasteiger partial charge in [-0.2, -0.15) is 5.10 Å². The van der Waals surface area contributed by atoms with Crippen LogP contribution >= 0.6 is 0 Å². The quantitative estimate of drug-likeness (QED) is 0.672. The zero-order valence-corrected chi connectivity index (χ0v) is 10.5. The average molecular weight is 276 g/mol. The molecule has 1 unspecified atom stereocenters. The smallest absolute Gasteiger partial charge is 0.330 e. The van der Waals surface area contributed by atoms with Crippen LogP contribution in [0, 0.1) is 0 Å². The molecule has 0 fully saturated rings. The van der Waals surface area contributed by atoms with Gasteiger partial charge in [0.15, 0.2) is 17.6 Å². The van der Waals surface area contributed by atoms with Gasteiger partial charge in [0.25, 0.3) is 5.91 Å². The van der Waals surface area contributed by atoms with Gasteiger partial charge in [-0.1, -0.05) is 0 Å². The first kappa shape index (κ1) is 13.5. The normalized spacial score (nSPS) is 11.8. The highest BCUT2D eigenvalue weighted by atomic mass is 16.4. The van der Waals surface area contributed by atoms with Crippen LogP contribution in [-0.2, 0) is 11.8 Å². The minimum Gasteiger partial charge on any atom is -0.479 e. The van der Waals surface area contributed by atoms with Gasteiger partial charge in [-0.15, -0.1) is 0 Å². The van der Waals surface area contributed by atoms with Crippen LogP contribution in [0.4, 0.5) is 5.82 Å². The van der Waals surface area contributed by atoms with Crippen molar-refractivity contribution < 1.29 is 14.7 Å². The molecule has 104 valence electrons. The Morgan fingerprint density at radius 3 is 2.65 bits per heavy atom. The van der Waals surface area contributed by atoms with Gasteiger partial charge in [0.2, 0.25) is 0 Å². The van der Waals surface area contributed by atoms with Crippen LogP contribution in [0.5, 0.6) is 0 Å². The molecule has 2 rings (SSSR count). The number of hydrogen-bond acceptors (Lipinski definition) is 6. The maximum atomic E-state index is 11.3. The number of hydrogen-bond donors (Lipinski definition) is 3. The molecule has 0 bridgehead atoms. The van der Waals surface area contributed by atoms with Crippen LogP contribution in [0.15, 0.2) is 24.8 Å². The number of amides is 1. The fourth-order valence-electron chi connectivity index (χ4n) is 1.64. The monoisotopic (exact) mass is 276 g/mol. The standard InChI is InChI=1S/C11H12N6O3/c1-17-5-6(4-15-17)7(11(19)20)16-10-8(9(12)18)13-2-3-14-10/h2-5,7H,1H3,(H2,12,18)(H,14,16)(H,19,20). The molecule has 1 amide bonds. The summed E-state index contributed by atoms with van der Waals surface area (Å²) in [6.07, 6.45) is 5.58. The number of primary amides is 1. The lowest BCUT2D eigenvalue weighted by atomic mass is 10.1. The van der Waals surface area contributed by atoms with Gasteiger partial charge in [-0.3, -0.25) is 9.48 Å². The molecule has 0 aliphatic heterocycles. The molecule has 9 heteroatoms. The van der Waals surface area contributed by atoms with Crippen LogP contribution in [-0.4, -0.2) is 36.7 Å². The highest BCUT2D eigenvalue weighted by Gasteiger charge is 2.24. The molecule has 1 atom stereocenters. The number of aromatic nitrogens is 4. The summed E-state index contributed by atoms with van der Waals surface area (Å²) in [6.45, 7) is 0. The number of carbonyl (C=O) groups is 2. The molecule has 0 saturated carbocycles. The van der Waals surface area contributed by atoms with Crippen LogP contribution in [0.1, 0.15) is 22.1 Å². The van der Waals surface area contributed by atoms with E-state index in [0.717, 1.165) is 0 Å². The van der Waals surface area contributed by atoms with Gasteiger partial charge >= 0.3 is 5.97 Å². The molecular formula is C11H12N6O3. The summed E-state index contributed by atoms with van der Waals surface area (Å²) in [5.74, 6) is -1.92. The number of nitrogens with zero attached hydrogens (tertiary/aromatic N) is 4. The fourth-order valence-corrected chi connectivity index (χ4v) is 1.64. The largest absolute Gasteiger partial charge is 0.479 e. The highest BCUT2D eigenvalue weighted by Crippen LogP contribution is 2.19. The van der Waals surface area contributed by atoms with Crippen molar-refractivity contribution in [3.8, 4) is 0 Å². The molecule has 2 aromatic heterocycles. The van der Waals surface area contributed by atoms with Crippen molar-refractivity contribution in [1.82, 2.24) is 19.7 Å². The van der Waals surface area contributed by atoms with Gasteiger partial charge < -0.3 is 16.2 Å². The van der Waals surface area contributed by atoms with Crippen molar-refractivity contribution >= 4 is 17.7 Å². The Hall–Kier alpha value is -2.97. The van der Waals surface area contributed by atoms with E-state index >= 15 is 0 Å². The first-order chi connectivity index (χ1) is 9.49. The van der Waals surface area contributed by atoms with E-state index in [1.807, 2.05) is 0 Å². The molecular weight excluding hydrogens is 264 g/mol. The van der Waals surface area contributed by atoms with Crippen molar-refractivity contribution in [2.75, 3.05) is 5.32 Å². The number of nitrogens with one attached hydrogen (secondary N) is 1. The molecule has 20 heavy (non-hydrogen) atoms. The zero-order chi connectivity index (χ0) is 14.7. The summed E-state index contributed by atoms with van der Waals surface area (Å²) in [4.78, 5) is 30.2. The van der Waals surface area contributed by atoms with Crippen molar-refractivity contribution in [3.05, 3.63) is 36.0 Å². The molecule has 0 aliphatic carbocycles. The number of rotatable bonds is 5. The van der Waals surface area contributed by atoms with Crippen LogP contribution < -0.4 is 11.1 Å². The molecule has 2 aromatic rings. The molecule has 4 N–H and O–H groups in total. The third kappa shape index (κ3) is 2.71. The van der Waals surface area contributed by atoms with Crippen LogP contribution in [0.25, 0.3) is 0 Å². The Morgan fingerprint density at radius 2 is 2.10 bits per heavy atom. The van der Waals surface area contributed by atoms with Gasteiger partial charge in [0.1, 0.15) is 0 Å². The molecule has 0 aromatic carbocycles. The second-order valence-corrected chi connectivity index (χ2v) is 3.98. The lowest BCUT2D eigenvalue weighted by molar-refractivity contribution is -0.138. The number of anilines is 1. The molecule has 0 radical (unpaired) electrons. The number of carboxylic acids is 1. The van der Waals surface area contributed by atoms with E-state index in [2.05, 4.69) is 20.4 Å². The van der Waals surface area contributed by atoms with Gasteiger partial charge in [-0.05, 0) is 0 Å². The molecule has 2 heterocycles. The van der Waals surface area contributed by atoms with E-state index in [0.29, 0.717) is 5.56 Å². The van der Waals surface area contributed by atoms with Crippen molar-refractivity contribution in [1.29, 1.82) is 0 Å². The Morgan fingerprint density at radius 1 is 1.40 bits per heavy atom. The predicted octanol–water partition coefficient (Wildman–Crippen LogP) is -0.453. The van der Waals surface area contributed by atoms with Gasteiger partial charge in [0.05, 0.1) is 6.20 Å².